The van der Waals surface area contributed by atoms with Crippen molar-refractivity contribution in [2.45, 2.75) is 35.9 Å². The smallest absolute Gasteiger partial charge is 0.282 e. The molecule has 0 spiro atoms. The number of halogens is 2. The first-order valence-corrected chi connectivity index (χ1v) is 9.32. The van der Waals surface area contributed by atoms with Gasteiger partial charge in [-0.3, -0.25) is 4.79 Å². The van der Waals surface area contributed by atoms with Gasteiger partial charge in [-0.1, -0.05) is 32.0 Å². The Hall–Kier alpha value is -1.17. The minimum absolute atomic E-state index is 0.0609. The van der Waals surface area contributed by atoms with Crippen LogP contribution in [0.4, 0.5) is 0 Å². The van der Waals surface area contributed by atoms with Gasteiger partial charge in [-0.2, -0.15) is 12.8 Å². The largest absolute Gasteiger partial charge is 0.293 e. The minimum atomic E-state index is -3.93. The van der Waals surface area contributed by atoms with Gasteiger partial charge >= 0.3 is 0 Å². The van der Waals surface area contributed by atoms with Crippen molar-refractivity contribution in [3.05, 3.63) is 42.0 Å². The second kappa shape index (κ2) is 6.38. The molecule has 1 aliphatic carbocycles. The molecule has 2 atom stereocenters. The summed E-state index contributed by atoms with van der Waals surface area (Å²) in [5.41, 5.74) is 0.519. The molecule has 4 nitrogen and oxygen atoms in total. The quantitative estimate of drug-likeness (QED) is 0.760. The molecular formula is C16H17Cl2NO3S. The zero-order chi connectivity index (χ0) is 17.4. The number of rotatable bonds is 3. The molecule has 124 valence electrons. The molecule has 1 aromatic carbocycles. The van der Waals surface area contributed by atoms with Crippen molar-refractivity contribution >= 4 is 44.7 Å². The van der Waals surface area contributed by atoms with Crippen LogP contribution in [0.3, 0.4) is 0 Å². The number of allylic oxidation sites excluding steroid dienone is 2. The maximum absolute atomic E-state index is 12.5. The Morgan fingerprint density at radius 3 is 2.30 bits per heavy atom. The van der Waals surface area contributed by atoms with Crippen LogP contribution in [-0.2, 0) is 14.8 Å². The van der Waals surface area contributed by atoms with E-state index >= 15 is 0 Å². The molecule has 0 aromatic heterocycles. The van der Waals surface area contributed by atoms with Gasteiger partial charge in [0.1, 0.15) is 10.3 Å². The van der Waals surface area contributed by atoms with Crippen LogP contribution in [0, 0.1) is 5.92 Å². The summed E-state index contributed by atoms with van der Waals surface area (Å²) < 4.78 is 28.8. The number of hydrogen-bond donors (Lipinski definition) is 0. The fourth-order valence-electron chi connectivity index (χ4n) is 2.38. The van der Waals surface area contributed by atoms with Crippen molar-refractivity contribution in [3.8, 4) is 0 Å². The summed E-state index contributed by atoms with van der Waals surface area (Å²) in [7, 11) is -3.93. The molecule has 1 aliphatic rings. The Labute approximate surface area is 146 Å². The number of ketones is 1. The number of alkyl halides is 2. The molecule has 0 heterocycles. The van der Waals surface area contributed by atoms with Gasteiger partial charge in [0.25, 0.3) is 10.0 Å². The lowest BCUT2D eigenvalue weighted by molar-refractivity contribution is -0.118. The van der Waals surface area contributed by atoms with Gasteiger partial charge in [0.05, 0.1) is 10.6 Å². The van der Waals surface area contributed by atoms with Gasteiger partial charge < -0.3 is 0 Å². The first-order chi connectivity index (χ1) is 10.6. The topological polar surface area (TPSA) is 63.6 Å². The fraction of sp³-hybridized carbons (Fsp3) is 0.375. The highest BCUT2D eigenvalue weighted by atomic mass is 35.5. The van der Waals surface area contributed by atoms with Crippen LogP contribution in [0.1, 0.15) is 20.8 Å². The summed E-state index contributed by atoms with van der Waals surface area (Å²) in [5.74, 6) is -0.615. The molecule has 23 heavy (non-hydrogen) atoms. The zero-order valence-corrected chi connectivity index (χ0v) is 15.3. The summed E-state index contributed by atoms with van der Waals surface area (Å²) in [4.78, 5) is 10.9. The maximum atomic E-state index is 12.5. The average molecular weight is 374 g/mol. The maximum Gasteiger partial charge on any atom is 0.282 e. The van der Waals surface area contributed by atoms with Crippen molar-refractivity contribution in [2.75, 3.05) is 0 Å². The van der Waals surface area contributed by atoms with Crippen LogP contribution >= 0.6 is 23.2 Å². The van der Waals surface area contributed by atoms with Crippen molar-refractivity contribution in [3.63, 3.8) is 0 Å². The van der Waals surface area contributed by atoms with E-state index in [4.69, 9.17) is 23.2 Å². The molecule has 0 amide bonds. The van der Waals surface area contributed by atoms with E-state index in [1.54, 1.807) is 39.0 Å². The Kier molecular flexibility index (Phi) is 5.04. The highest BCUT2D eigenvalue weighted by Gasteiger charge is 2.50. The van der Waals surface area contributed by atoms with Gasteiger partial charge in [0, 0.05) is 0 Å². The van der Waals surface area contributed by atoms with Crippen LogP contribution in [0.15, 0.2) is 51.3 Å². The third kappa shape index (κ3) is 3.23. The summed E-state index contributed by atoms with van der Waals surface area (Å²) in [6.45, 7) is 5.12. The van der Waals surface area contributed by atoms with Crippen LogP contribution in [0.5, 0.6) is 0 Å². The number of benzene rings is 1. The number of carbonyl (C=O) groups is 1. The first-order valence-electron chi connectivity index (χ1n) is 7.06. The molecule has 0 saturated carbocycles. The van der Waals surface area contributed by atoms with E-state index in [1.807, 2.05) is 0 Å². The Morgan fingerprint density at radius 2 is 1.78 bits per heavy atom. The Morgan fingerprint density at radius 1 is 1.22 bits per heavy atom. The van der Waals surface area contributed by atoms with E-state index in [0.717, 1.165) is 0 Å². The average Bonchev–Trinajstić information content (AvgIpc) is 2.50. The van der Waals surface area contributed by atoms with Crippen LogP contribution in [0.25, 0.3) is 0 Å². The molecule has 1 aromatic rings. The fourth-order valence-corrected chi connectivity index (χ4v) is 4.29. The van der Waals surface area contributed by atoms with Crippen molar-refractivity contribution in [2.24, 2.45) is 10.3 Å². The summed E-state index contributed by atoms with van der Waals surface area (Å²) in [5, 5.41) is -1.03. The molecule has 0 fully saturated rings. The molecule has 0 N–H and O–H groups in total. The van der Waals surface area contributed by atoms with E-state index in [2.05, 4.69) is 4.40 Å². The molecule has 0 unspecified atom stereocenters. The standard InChI is InChI=1S/C16H17Cl2NO3S/c1-10(2)16(18)13(20)9-11(3)14(15(16)17)19-23(21,22)12-7-5-4-6-8-12/h4-10,15H,1-3H3/t15-,16-/m0/s1. The monoisotopic (exact) mass is 373 g/mol. The number of hydrogen-bond acceptors (Lipinski definition) is 3. The number of carbonyl (C=O) groups excluding carboxylic acids is 1. The lowest BCUT2D eigenvalue weighted by atomic mass is 9.79. The third-order valence-corrected chi connectivity index (χ3v) is 6.65. The Balaban J connectivity index is 2.58. The van der Waals surface area contributed by atoms with Gasteiger partial charge in [-0.05, 0) is 36.6 Å². The molecule has 0 saturated heterocycles. The first kappa shape index (κ1) is 18.2. The van der Waals surface area contributed by atoms with E-state index in [-0.39, 0.29) is 22.3 Å². The predicted octanol–water partition coefficient (Wildman–Crippen LogP) is 3.59. The van der Waals surface area contributed by atoms with Gasteiger partial charge in [-0.25, -0.2) is 0 Å². The highest BCUT2D eigenvalue weighted by molar-refractivity contribution is 7.90. The number of nitrogens with zero attached hydrogens (tertiary/aromatic N) is 1. The van der Waals surface area contributed by atoms with Gasteiger partial charge in [0.2, 0.25) is 0 Å². The Bertz CT molecular complexity index is 785. The summed E-state index contributed by atoms with van der Waals surface area (Å²) >= 11 is 12.8. The second-order valence-corrected chi connectivity index (χ2v) is 8.41. The molecule has 7 heteroatoms. The van der Waals surface area contributed by atoms with Crippen molar-refractivity contribution < 1.29 is 13.2 Å². The molecule has 0 radical (unpaired) electrons. The van der Waals surface area contributed by atoms with E-state index in [1.165, 1.54) is 18.2 Å². The van der Waals surface area contributed by atoms with Crippen molar-refractivity contribution in [1.29, 1.82) is 0 Å². The molecule has 0 aliphatic heterocycles. The van der Waals surface area contributed by atoms with Gasteiger partial charge in [-0.15, -0.1) is 23.2 Å². The van der Waals surface area contributed by atoms with Crippen LogP contribution in [0.2, 0.25) is 0 Å². The second-order valence-electron chi connectivity index (χ2n) is 5.74. The van der Waals surface area contributed by atoms with E-state index in [0.29, 0.717) is 5.57 Å². The third-order valence-electron chi connectivity index (χ3n) is 3.84. The molecular weight excluding hydrogens is 357 g/mol. The lowest BCUT2D eigenvalue weighted by Crippen LogP contribution is -2.52. The van der Waals surface area contributed by atoms with Crippen LogP contribution in [-0.4, -0.2) is 30.2 Å². The minimum Gasteiger partial charge on any atom is -0.293 e. The SMILES string of the molecule is CC1=CC(=O)[C@@](Cl)(C(C)C)[C@@H](Cl)C1=NS(=O)(=O)c1ccccc1. The zero-order valence-electron chi connectivity index (χ0n) is 13.0. The number of sulfonamides is 1. The summed E-state index contributed by atoms with van der Waals surface area (Å²) in [6, 6.07) is 7.83. The lowest BCUT2D eigenvalue weighted by Gasteiger charge is -2.36. The van der Waals surface area contributed by atoms with E-state index < -0.39 is 20.3 Å². The predicted molar refractivity (Wildman–Crippen MR) is 92.9 cm³/mol. The summed E-state index contributed by atoms with van der Waals surface area (Å²) in [6.07, 6.45) is 1.31. The van der Waals surface area contributed by atoms with Crippen LogP contribution < -0.4 is 0 Å². The van der Waals surface area contributed by atoms with Gasteiger partial charge in [0.15, 0.2) is 5.78 Å². The normalized spacial score (nSPS) is 27.4. The molecule has 2 rings (SSSR count). The molecule has 0 bridgehead atoms. The van der Waals surface area contributed by atoms with E-state index in [9.17, 15) is 13.2 Å². The van der Waals surface area contributed by atoms with Crippen molar-refractivity contribution in [1.82, 2.24) is 0 Å². The highest BCUT2D eigenvalue weighted by Crippen LogP contribution is 2.39.